The summed E-state index contributed by atoms with van der Waals surface area (Å²) >= 11 is 0. The molecule has 1 fully saturated rings. The molecule has 2 aromatic carbocycles. The zero-order chi connectivity index (χ0) is 24.1. The predicted octanol–water partition coefficient (Wildman–Crippen LogP) is 3.91. The molecule has 1 atom stereocenters. The Balaban J connectivity index is 2.08. The van der Waals surface area contributed by atoms with Gasteiger partial charge in [0.05, 0.1) is 28.6 Å². The predicted molar refractivity (Wildman–Crippen MR) is 116 cm³/mol. The minimum atomic E-state index is -3.88. The molecule has 0 saturated carbocycles. The van der Waals surface area contributed by atoms with Crippen molar-refractivity contribution in [1.29, 1.82) is 0 Å². The minimum absolute atomic E-state index is 0.420. The second-order valence-corrected chi connectivity index (χ2v) is 10.5. The molecule has 0 radical (unpaired) electrons. The topological polar surface area (TPSA) is 73.9 Å². The summed E-state index contributed by atoms with van der Waals surface area (Å²) in [6.07, 6.45) is 0.0276. The highest BCUT2D eigenvalue weighted by Crippen LogP contribution is 2.39. The quantitative estimate of drug-likeness (QED) is 0.647. The Labute approximate surface area is 186 Å². The number of ether oxygens (including phenoxy) is 1. The molecular formula is C21H25BF3NO5S. The molecule has 0 amide bonds. The van der Waals surface area contributed by atoms with E-state index in [9.17, 15) is 17.2 Å². The van der Waals surface area contributed by atoms with E-state index in [0.29, 0.717) is 5.56 Å². The van der Waals surface area contributed by atoms with Crippen LogP contribution in [0.5, 0.6) is 5.75 Å². The smallest absolute Gasteiger partial charge is 0.481 e. The third kappa shape index (κ3) is 4.89. The van der Waals surface area contributed by atoms with Crippen LogP contribution in [0, 0.1) is 17.5 Å². The Morgan fingerprint density at radius 2 is 1.56 bits per heavy atom. The zero-order valence-corrected chi connectivity index (χ0v) is 19.4. The number of hydrogen-bond acceptors (Lipinski definition) is 5. The van der Waals surface area contributed by atoms with Crippen molar-refractivity contribution in [2.75, 3.05) is 11.0 Å². The molecule has 11 heteroatoms. The van der Waals surface area contributed by atoms with Crippen molar-refractivity contribution in [3.05, 3.63) is 53.3 Å². The Hall–Kier alpha value is -2.24. The number of anilines is 1. The van der Waals surface area contributed by atoms with Crippen molar-refractivity contribution in [2.45, 2.75) is 51.9 Å². The summed E-state index contributed by atoms with van der Waals surface area (Å²) < 4.78 is 86.8. The molecule has 0 spiro atoms. The van der Waals surface area contributed by atoms with Crippen molar-refractivity contribution in [3.8, 4) is 5.75 Å². The Kier molecular flexibility index (Phi) is 6.31. The van der Waals surface area contributed by atoms with Crippen LogP contribution in [0.25, 0.3) is 0 Å². The lowest BCUT2D eigenvalue weighted by molar-refractivity contribution is 0.00578. The Morgan fingerprint density at radius 3 is 2.06 bits per heavy atom. The van der Waals surface area contributed by atoms with Gasteiger partial charge in [0, 0.05) is 6.07 Å². The first-order chi connectivity index (χ1) is 14.6. The summed E-state index contributed by atoms with van der Waals surface area (Å²) in [6.45, 7) is 8.49. The van der Waals surface area contributed by atoms with Crippen LogP contribution in [0.4, 0.5) is 18.9 Å². The fourth-order valence-electron chi connectivity index (χ4n) is 3.16. The average Bonchev–Trinajstić information content (AvgIpc) is 2.84. The van der Waals surface area contributed by atoms with Gasteiger partial charge >= 0.3 is 7.12 Å². The largest absolute Gasteiger partial charge is 0.501 e. The van der Waals surface area contributed by atoms with Crippen LogP contribution in [0.1, 0.15) is 46.3 Å². The summed E-state index contributed by atoms with van der Waals surface area (Å²) in [5.41, 5.74) is -2.18. The van der Waals surface area contributed by atoms with E-state index in [0.717, 1.165) is 12.3 Å². The monoisotopic (exact) mass is 471 g/mol. The first-order valence-corrected chi connectivity index (χ1v) is 11.8. The molecule has 0 aliphatic carbocycles. The number of hydrogen-bond donors (Lipinski definition) is 1. The Morgan fingerprint density at radius 1 is 1.03 bits per heavy atom. The number of rotatable bonds is 6. The highest BCUT2D eigenvalue weighted by Gasteiger charge is 2.53. The molecule has 0 bridgehead atoms. The first kappa shape index (κ1) is 24.4. The maximum atomic E-state index is 15.6. The van der Waals surface area contributed by atoms with Gasteiger partial charge in [-0.05, 0) is 52.3 Å². The lowest BCUT2D eigenvalue weighted by Crippen LogP contribution is -2.41. The van der Waals surface area contributed by atoms with E-state index in [-0.39, 0.29) is 0 Å². The van der Waals surface area contributed by atoms with Gasteiger partial charge in [-0.2, -0.15) is 0 Å². The van der Waals surface area contributed by atoms with Gasteiger partial charge in [0.15, 0.2) is 11.6 Å². The standard InChI is InChI=1S/C21H25BF3NO5S/c1-12(13-7-9-14(23)10-8-13)29-19-16(26-32(6,27)28)11-15(24)17(18(19)25)22-30-20(2,3)21(4,5)31-22/h7-12,26H,1-6H3/t12-/m1/s1. The van der Waals surface area contributed by atoms with Gasteiger partial charge < -0.3 is 14.0 Å². The molecule has 6 nitrogen and oxygen atoms in total. The SMILES string of the molecule is C[C@@H](Oc1c(NS(C)(=O)=O)cc(F)c(B2OC(C)(C)C(C)(C)O2)c1F)c1ccc(F)cc1. The molecule has 1 aliphatic heterocycles. The number of sulfonamides is 1. The molecular weight excluding hydrogens is 446 g/mol. The van der Waals surface area contributed by atoms with Crippen molar-refractivity contribution in [1.82, 2.24) is 0 Å². The van der Waals surface area contributed by atoms with Crippen molar-refractivity contribution in [2.24, 2.45) is 0 Å². The highest BCUT2D eigenvalue weighted by atomic mass is 32.2. The van der Waals surface area contributed by atoms with Gasteiger partial charge in [-0.3, -0.25) is 4.72 Å². The minimum Gasteiger partial charge on any atom is -0.481 e. The summed E-state index contributed by atoms with van der Waals surface area (Å²) in [5, 5.41) is 0. The van der Waals surface area contributed by atoms with E-state index in [1.165, 1.54) is 24.3 Å². The second kappa shape index (κ2) is 8.28. The molecule has 174 valence electrons. The van der Waals surface area contributed by atoms with E-state index < -0.39 is 68.8 Å². The second-order valence-electron chi connectivity index (χ2n) is 8.74. The molecule has 3 rings (SSSR count). The molecule has 1 saturated heterocycles. The van der Waals surface area contributed by atoms with Crippen LogP contribution in [0.2, 0.25) is 0 Å². The first-order valence-electron chi connectivity index (χ1n) is 9.89. The molecule has 1 heterocycles. The van der Waals surface area contributed by atoms with Crippen LogP contribution in [-0.4, -0.2) is 33.0 Å². The van der Waals surface area contributed by atoms with Crippen LogP contribution < -0.4 is 14.9 Å². The van der Waals surface area contributed by atoms with Crippen molar-refractivity contribution in [3.63, 3.8) is 0 Å². The summed E-state index contributed by atoms with van der Waals surface area (Å²) in [7, 11) is -5.26. The fraction of sp³-hybridized carbons (Fsp3) is 0.429. The van der Waals surface area contributed by atoms with Gasteiger partial charge in [-0.25, -0.2) is 21.6 Å². The summed E-state index contributed by atoms with van der Waals surface area (Å²) in [5.74, 6) is -3.22. The lowest BCUT2D eigenvalue weighted by atomic mass is 9.77. The molecule has 2 aromatic rings. The number of halogens is 3. The average molecular weight is 471 g/mol. The van der Waals surface area contributed by atoms with Crippen LogP contribution in [-0.2, 0) is 19.3 Å². The highest BCUT2D eigenvalue weighted by molar-refractivity contribution is 7.92. The van der Waals surface area contributed by atoms with Crippen LogP contribution in [0.3, 0.4) is 0 Å². The fourth-order valence-corrected chi connectivity index (χ4v) is 3.71. The molecule has 0 aromatic heterocycles. The third-order valence-corrected chi connectivity index (χ3v) is 6.22. The van der Waals surface area contributed by atoms with Crippen LogP contribution >= 0.6 is 0 Å². The van der Waals surface area contributed by atoms with E-state index in [2.05, 4.69) is 4.72 Å². The Bertz CT molecular complexity index is 1110. The summed E-state index contributed by atoms with van der Waals surface area (Å²) in [4.78, 5) is 0. The van der Waals surface area contributed by atoms with E-state index in [1.807, 2.05) is 0 Å². The van der Waals surface area contributed by atoms with Crippen LogP contribution in [0.15, 0.2) is 30.3 Å². The molecule has 0 unspecified atom stereocenters. The van der Waals surface area contributed by atoms with Gasteiger partial charge in [-0.1, -0.05) is 12.1 Å². The van der Waals surface area contributed by atoms with E-state index >= 15 is 4.39 Å². The summed E-state index contributed by atoms with van der Waals surface area (Å²) in [6, 6.07) is 6.13. The zero-order valence-electron chi connectivity index (χ0n) is 18.6. The van der Waals surface area contributed by atoms with E-state index in [4.69, 9.17) is 14.0 Å². The van der Waals surface area contributed by atoms with Gasteiger partial charge in [0.1, 0.15) is 17.7 Å². The molecule has 32 heavy (non-hydrogen) atoms. The maximum Gasteiger partial charge on any atom is 0.501 e. The normalized spacial score (nSPS) is 18.5. The number of benzene rings is 2. The third-order valence-electron chi connectivity index (χ3n) is 5.63. The molecule has 1 aliphatic rings. The van der Waals surface area contributed by atoms with Gasteiger partial charge in [-0.15, -0.1) is 0 Å². The lowest BCUT2D eigenvalue weighted by Gasteiger charge is -2.32. The maximum absolute atomic E-state index is 15.6. The van der Waals surface area contributed by atoms with Gasteiger partial charge in [0.25, 0.3) is 0 Å². The van der Waals surface area contributed by atoms with E-state index in [1.54, 1.807) is 34.6 Å². The van der Waals surface area contributed by atoms with Crippen molar-refractivity contribution >= 4 is 28.3 Å². The number of nitrogens with one attached hydrogen (secondary N) is 1. The van der Waals surface area contributed by atoms with Gasteiger partial charge in [0.2, 0.25) is 10.0 Å². The molecule has 1 N–H and O–H groups in total. The van der Waals surface area contributed by atoms with Crippen molar-refractivity contribution < 1.29 is 35.6 Å².